The maximum atomic E-state index is 11.0. The van der Waals surface area contributed by atoms with Crippen LogP contribution in [0.2, 0.25) is 0 Å². The Bertz CT molecular complexity index is 548. The Hall–Kier alpha value is -1.62. The first-order valence-corrected chi connectivity index (χ1v) is 5.49. The molecule has 0 spiro atoms. The van der Waals surface area contributed by atoms with E-state index in [9.17, 15) is 4.79 Å². The van der Waals surface area contributed by atoms with Gasteiger partial charge in [0.2, 0.25) is 5.91 Å². The van der Waals surface area contributed by atoms with Gasteiger partial charge in [0.25, 0.3) is 0 Å². The lowest BCUT2D eigenvalue weighted by atomic mass is 10.2. The summed E-state index contributed by atoms with van der Waals surface area (Å²) in [5, 5.41) is 4.28. The third kappa shape index (κ3) is 1.99. The highest BCUT2D eigenvalue weighted by Crippen LogP contribution is 2.20. The van der Waals surface area contributed by atoms with Crippen molar-refractivity contribution in [2.45, 2.75) is 6.92 Å². The molecule has 2 rings (SSSR count). The number of nitrogens with zero attached hydrogens (tertiary/aromatic N) is 2. The highest BCUT2D eigenvalue weighted by atomic mass is 79.9. The van der Waals surface area contributed by atoms with E-state index in [2.05, 4.69) is 21.0 Å². The third-order valence-corrected chi connectivity index (χ3v) is 2.86. The van der Waals surface area contributed by atoms with Crippen LogP contribution in [0.1, 0.15) is 16.1 Å². The second-order valence-corrected chi connectivity index (χ2v) is 4.28. The molecule has 0 unspecified atom stereocenters. The molecule has 1 aromatic carbocycles. The Morgan fingerprint density at radius 2 is 2.19 bits per heavy atom. The number of aryl methyl sites for hydroxylation is 1. The van der Waals surface area contributed by atoms with Crippen LogP contribution in [0.15, 0.2) is 34.9 Å². The second kappa shape index (κ2) is 4.09. The molecule has 0 aliphatic rings. The van der Waals surface area contributed by atoms with Crippen LogP contribution in [-0.4, -0.2) is 15.7 Å². The summed E-state index contributed by atoms with van der Waals surface area (Å²) in [6.07, 6.45) is 1.86. The highest BCUT2D eigenvalue weighted by Gasteiger charge is 2.07. The summed E-state index contributed by atoms with van der Waals surface area (Å²) in [6, 6.07) is 7.21. The molecule has 2 aromatic rings. The van der Waals surface area contributed by atoms with Crippen LogP contribution in [0.4, 0.5) is 0 Å². The Morgan fingerprint density at radius 1 is 1.44 bits per heavy atom. The molecule has 4 nitrogen and oxygen atoms in total. The first kappa shape index (κ1) is 10.9. The maximum absolute atomic E-state index is 11.0. The van der Waals surface area contributed by atoms with E-state index in [-0.39, 0.29) is 0 Å². The molecule has 0 saturated heterocycles. The molecule has 0 fully saturated rings. The van der Waals surface area contributed by atoms with E-state index in [1.165, 1.54) is 0 Å². The van der Waals surface area contributed by atoms with E-state index in [1.54, 1.807) is 16.8 Å². The maximum Gasteiger partial charge on any atom is 0.249 e. The fourth-order valence-corrected chi connectivity index (χ4v) is 1.97. The van der Waals surface area contributed by atoms with Gasteiger partial charge < -0.3 is 5.73 Å². The van der Waals surface area contributed by atoms with Crippen molar-refractivity contribution in [2.24, 2.45) is 5.73 Å². The van der Waals surface area contributed by atoms with Gasteiger partial charge in [0.15, 0.2) is 0 Å². The first-order valence-electron chi connectivity index (χ1n) is 4.70. The molecule has 82 valence electrons. The number of carbonyl (C=O) groups excluding carboxylic acids is 1. The van der Waals surface area contributed by atoms with Crippen molar-refractivity contribution in [3.63, 3.8) is 0 Å². The minimum absolute atomic E-state index is 0.449. The number of aromatic nitrogens is 2. The number of primary amides is 1. The predicted molar refractivity (Wildman–Crippen MR) is 64.5 cm³/mol. The van der Waals surface area contributed by atoms with E-state index in [1.807, 2.05) is 25.3 Å². The van der Waals surface area contributed by atoms with Crippen LogP contribution in [-0.2, 0) is 0 Å². The summed E-state index contributed by atoms with van der Waals surface area (Å²) >= 11 is 3.31. The average Bonchev–Trinajstić information content (AvgIpc) is 2.64. The van der Waals surface area contributed by atoms with E-state index in [0.717, 1.165) is 11.4 Å². The van der Waals surface area contributed by atoms with Gasteiger partial charge in [0, 0.05) is 10.7 Å². The lowest BCUT2D eigenvalue weighted by Crippen LogP contribution is -2.11. The van der Waals surface area contributed by atoms with Gasteiger partial charge in [-0.15, -0.1) is 0 Å². The van der Waals surface area contributed by atoms with E-state index in [4.69, 9.17) is 5.73 Å². The van der Waals surface area contributed by atoms with E-state index in [0.29, 0.717) is 10.0 Å². The van der Waals surface area contributed by atoms with Crippen molar-refractivity contribution in [1.82, 2.24) is 9.78 Å². The minimum Gasteiger partial charge on any atom is -0.366 e. The fourth-order valence-electron chi connectivity index (χ4n) is 1.41. The first-order chi connectivity index (χ1) is 7.58. The van der Waals surface area contributed by atoms with Gasteiger partial charge in [0.05, 0.1) is 16.9 Å². The van der Waals surface area contributed by atoms with Gasteiger partial charge in [0.1, 0.15) is 0 Å². The molecule has 0 saturated carbocycles. The number of benzene rings is 1. The summed E-state index contributed by atoms with van der Waals surface area (Å²) < 4.78 is 2.41. The summed E-state index contributed by atoms with van der Waals surface area (Å²) in [6.45, 7) is 1.92. The van der Waals surface area contributed by atoms with E-state index >= 15 is 0 Å². The molecule has 1 amide bonds. The molecule has 0 aliphatic carbocycles. The largest absolute Gasteiger partial charge is 0.366 e. The van der Waals surface area contributed by atoms with Gasteiger partial charge in [-0.1, -0.05) is 0 Å². The molecule has 5 heteroatoms. The normalized spacial score (nSPS) is 10.4. The van der Waals surface area contributed by atoms with Crippen LogP contribution < -0.4 is 5.73 Å². The molecule has 16 heavy (non-hydrogen) atoms. The summed E-state index contributed by atoms with van der Waals surface area (Å²) in [4.78, 5) is 11.0. The number of carbonyl (C=O) groups is 1. The lowest BCUT2D eigenvalue weighted by Gasteiger charge is -2.04. The van der Waals surface area contributed by atoms with Gasteiger partial charge >= 0.3 is 0 Å². The molecule has 0 radical (unpaired) electrons. The van der Waals surface area contributed by atoms with Gasteiger partial charge in [-0.3, -0.25) is 4.79 Å². The number of amides is 1. The van der Waals surface area contributed by atoms with Crippen molar-refractivity contribution in [2.75, 3.05) is 0 Å². The third-order valence-electron chi connectivity index (χ3n) is 2.21. The van der Waals surface area contributed by atoms with Crippen molar-refractivity contribution in [1.29, 1.82) is 0 Å². The quantitative estimate of drug-likeness (QED) is 0.915. The smallest absolute Gasteiger partial charge is 0.249 e. The van der Waals surface area contributed by atoms with Gasteiger partial charge in [-0.2, -0.15) is 5.10 Å². The predicted octanol–water partition coefficient (Wildman–Crippen LogP) is 2.04. The molecular weight excluding hydrogens is 270 g/mol. The summed E-state index contributed by atoms with van der Waals surface area (Å²) in [5.41, 5.74) is 7.50. The second-order valence-electron chi connectivity index (χ2n) is 3.43. The standard InChI is InChI=1S/C11H10BrN3O/c1-7-4-5-15(14-7)8-2-3-9(11(13)16)10(12)6-8/h2-6H,1H3,(H2,13,16). The summed E-state index contributed by atoms with van der Waals surface area (Å²) in [7, 11) is 0. The fraction of sp³-hybridized carbons (Fsp3) is 0.0909. The molecule has 1 aromatic heterocycles. The van der Waals surface area contributed by atoms with Crippen LogP contribution in [0.3, 0.4) is 0 Å². The lowest BCUT2D eigenvalue weighted by molar-refractivity contribution is 0.0999. The molecule has 0 atom stereocenters. The van der Waals surface area contributed by atoms with Crippen LogP contribution in [0.5, 0.6) is 0 Å². The highest BCUT2D eigenvalue weighted by molar-refractivity contribution is 9.10. The van der Waals surface area contributed by atoms with Crippen molar-refractivity contribution in [3.05, 3.63) is 46.2 Å². The van der Waals surface area contributed by atoms with Crippen molar-refractivity contribution >= 4 is 21.8 Å². The van der Waals surface area contributed by atoms with Crippen LogP contribution >= 0.6 is 15.9 Å². The molecule has 0 bridgehead atoms. The van der Waals surface area contributed by atoms with Crippen molar-refractivity contribution < 1.29 is 4.79 Å². The van der Waals surface area contributed by atoms with Crippen molar-refractivity contribution in [3.8, 4) is 5.69 Å². The van der Waals surface area contributed by atoms with E-state index < -0.39 is 5.91 Å². The molecule has 2 N–H and O–H groups in total. The number of nitrogens with two attached hydrogens (primary N) is 1. The van der Waals surface area contributed by atoms with Gasteiger partial charge in [-0.25, -0.2) is 4.68 Å². The Labute approximate surface area is 101 Å². The Morgan fingerprint density at radius 3 is 2.69 bits per heavy atom. The molecule has 1 heterocycles. The Kier molecular flexibility index (Phi) is 2.78. The summed E-state index contributed by atoms with van der Waals surface area (Å²) in [5.74, 6) is -0.449. The zero-order valence-corrected chi connectivity index (χ0v) is 10.2. The average molecular weight is 280 g/mol. The SMILES string of the molecule is Cc1ccn(-c2ccc(C(N)=O)c(Br)c2)n1. The zero-order valence-electron chi connectivity index (χ0n) is 8.64. The minimum atomic E-state index is -0.449. The number of hydrogen-bond donors (Lipinski definition) is 1. The molecular formula is C11H10BrN3O. The monoisotopic (exact) mass is 279 g/mol. The topological polar surface area (TPSA) is 60.9 Å². The zero-order chi connectivity index (χ0) is 11.7. The van der Waals surface area contributed by atoms with Crippen LogP contribution in [0.25, 0.3) is 5.69 Å². The van der Waals surface area contributed by atoms with Crippen LogP contribution in [0, 0.1) is 6.92 Å². The number of halogens is 1. The van der Waals surface area contributed by atoms with Gasteiger partial charge in [-0.05, 0) is 47.1 Å². The molecule has 0 aliphatic heterocycles. The Balaban J connectivity index is 2.45. The number of hydrogen-bond acceptors (Lipinski definition) is 2. The number of rotatable bonds is 2.